The molecule has 0 aliphatic rings. The molecule has 0 aliphatic heterocycles. The minimum atomic E-state index is -4.75. The highest BCUT2D eigenvalue weighted by Crippen LogP contribution is 2.28. The summed E-state index contributed by atoms with van der Waals surface area (Å²) in [5.74, 6) is -2.03. The van der Waals surface area contributed by atoms with Gasteiger partial charge in [-0.1, -0.05) is 41.6 Å². The van der Waals surface area contributed by atoms with Crippen LogP contribution in [0.1, 0.15) is 17.0 Å². The van der Waals surface area contributed by atoms with Crippen LogP contribution in [0.3, 0.4) is 0 Å². The van der Waals surface area contributed by atoms with Crippen LogP contribution in [0, 0.1) is 0 Å². The van der Waals surface area contributed by atoms with Gasteiger partial charge >= 0.3 is 18.2 Å². The van der Waals surface area contributed by atoms with Gasteiger partial charge in [-0.3, -0.25) is 4.98 Å². The van der Waals surface area contributed by atoms with Crippen LogP contribution in [0.25, 0.3) is 22.9 Å². The molecule has 1 N–H and O–H groups in total. The summed E-state index contributed by atoms with van der Waals surface area (Å²) < 4.78 is 46.9. The molecule has 3 heterocycles. The van der Waals surface area contributed by atoms with Crippen molar-refractivity contribution in [3.63, 3.8) is 0 Å². The second kappa shape index (κ2) is 9.42. The summed E-state index contributed by atoms with van der Waals surface area (Å²) in [5.41, 5.74) is 3.00. The second-order valence-electron chi connectivity index (χ2n) is 6.68. The Morgan fingerprint density at radius 1 is 0.939 bits per heavy atom. The van der Waals surface area contributed by atoms with Gasteiger partial charge in [-0.05, 0) is 6.07 Å². The number of halogens is 3. The number of benzene rings is 1. The third-order valence-corrected chi connectivity index (χ3v) is 4.27. The lowest BCUT2D eigenvalue weighted by Crippen LogP contribution is -2.23. The first-order valence-corrected chi connectivity index (χ1v) is 9.51. The van der Waals surface area contributed by atoms with Crippen molar-refractivity contribution in [2.75, 3.05) is 0 Å². The minimum absolute atomic E-state index is 0.0305. The van der Waals surface area contributed by atoms with E-state index < -0.39 is 24.0 Å². The van der Waals surface area contributed by atoms with E-state index in [0.29, 0.717) is 5.56 Å². The number of carbonyl (C=O) groups is 1. The van der Waals surface area contributed by atoms with Crippen LogP contribution >= 0.6 is 0 Å². The normalized spacial score (nSPS) is 11.2. The molecule has 168 valence electrons. The predicted molar refractivity (Wildman–Crippen MR) is 107 cm³/mol. The average Bonchev–Trinajstić information content (AvgIpc) is 3.34. The SMILES string of the molecule is O=C(NCc1cnc(-c2noc(C(F)(F)F)n2)nc1)OCc1ccc(-c2ccccc2)nc1. The number of amides is 1. The molecule has 0 saturated heterocycles. The fourth-order valence-electron chi connectivity index (χ4n) is 2.65. The van der Waals surface area contributed by atoms with Gasteiger partial charge < -0.3 is 14.6 Å². The lowest BCUT2D eigenvalue weighted by molar-refractivity contribution is -0.159. The molecule has 3 aromatic heterocycles. The van der Waals surface area contributed by atoms with Crippen LogP contribution in [0.15, 0.2) is 65.6 Å². The van der Waals surface area contributed by atoms with Crippen molar-refractivity contribution < 1.29 is 27.2 Å². The highest BCUT2D eigenvalue weighted by Gasteiger charge is 2.38. The molecule has 0 saturated carbocycles. The highest BCUT2D eigenvalue weighted by atomic mass is 19.4. The van der Waals surface area contributed by atoms with Crippen LogP contribution in [0.4, 0.5) is 18.0 Å². The Kier molecular flexibility index (Phi) is 6.24. The van der Waals surface area contributed by atoms with Crippen LogP contribution in [0.2, 0.25) is 0 Å². The quantitative estimate of drug-likeness (QED) is 0.462. The van der Waals surface area contributed by atoms with Crippen molar-refractivity contribution in [3.8, 4) is 22.9 Å². The number of hydrogen-bond donors (Lipinski definition) is 1. The molecule has 1 amide bonds. The van der Waals surface area contributed by atoms with Crippen LogP contribution in [-0.2, 0) is 24.1 Å². The summed E-state index contributed by atoms with van der Waals surface area (Å²) in [6, 6.07) is 13.3. The number of alkyl halides is 3. The number of nitrogens with zero attached hydrogens (tertiary/aromatic N) is 5. The lowest BCUT2D eigenvalue weighted by Gasteiger charge is -2.07. The lowest BCUT2D eigenvalue weighted by atomic mass is 10.1. The maximum absolute atomic E-state index is 12.5. The Hall–Kier alpha value is -4.35. The third kappa shape index (κ3) is 5.67. The Bertz CT molecular complexity index is 1210. The van der Waals surface area contributed by atoms with Crippen LogP contribution in [0.5, 0.6) is 0 Å². The maximum atomic E-state index is 12.5. The van der Waals surface area contributed by atoms with E-state index in [2.05, 4.69) is 34.9 Å². The van der Waals surface area contributed by atoms with Gasteiger partial charge in [-0.25, -0.2) is 14.8 Å². The van der Waals surface area contributed by atoms with Gasteiger partial charge in [0.25, 0.3) is 0 Å². The highest BCUT2D eigenvalue weighted by molar-refractivity contribution is 5.67. The standard InChI is InChI=1S/C21H15F3N6O3/c22-21(23,24)19-29-18(30-33-19)17-26-9-14(10-27-17)11-28-20(31)32-12-13-6-7-16(25-8-13)15-4-2-1-3-5-15/h1-10H,11-12H2,(H,28,31). The summed E-state index contributed by atoms with van der Waals surface area (Å²) >= 11 is 0. The molecule has 0 unspecified atom stereocenters. The number of alkyl carbamates (subject to hydrolysis) is 1. The molecular weight excluding hydrogens is 441 g/mol. The van der Waals surface area contributed by atoms with Gasteiger partial charge in [-0.2, -0.15) is 18.2 Å². The summed E-state index contributed by atoms with van der Waals surface area (Å²) in [6.07, 6.45) is -1.16. The predicted octanol–water partition coefficient (Wildman–Crippen LogP) is 4.03. The largest absolute Gasteiger partial charge is 0.471 e. The third-order valence-electron chi connectivity index (χ3n) is 4.27. The van der Waals surface area contributed by atoms with Crippen molar-refractivity contribution in [1.82, 2.24) is 30.4 Å². The molecule has 33 heavy (non-hydrogen) atoms. The summed E-state index contributed by atoms with van der Waals surface area (Å²) in [6.45, 7) is 0.0764. The number of pyridine rings is 1. The monoisotopic (exact) mass is 456 g/mol. The first kappa shape index (κ1) is 21.9. The number of aromatic nitrogens is 5. The number of rotatable bonds is 6. The van der Waals surface area contributed by atoms with Gasteiger partial charge in [0, 0.05) is 41.8 Å². The fraction of sp³-hybridized carbons (Fsp3) is 0.143. The average molecular weight is 456 g/mol. The summed E-state index contributed by atoms with van der Waals surface area (Å²) in [5, 5.41) is 5.74. The molecule has 1 aromatic carbocycles. The minimum Gasteiger partial charge on any atom is -0.445 e. The van der Waals surface area contributed by atoms with E-state index in [4.69, 9.17) is 4.74 Å². The number of nitrogens with one attached hydrogen (secondary N) is 1. The van der Waals surface area contributed by atoms with Crippen molar-refractivity contribution in [2.24, 2.45) is 0 Å². The topological polar surface area (TPSA) is 116 Å². The van der Waals surface area contributed by atoms with Crippen molar-refractivity contribution in [1.29, 1.82) is 0 Å². The first-order valence-electron chi connectivity index (χ1n) is 9.51. The van der Waals surface area contributed by atoms with E-state index in [1.54, 1.807) is 6.20 Å². The second-order valence-corrected chi connectivity index (χ2v) is 6.68. The molecule has 0 fully saturated rings. The van der Waals surface area contributed by atoms with E-state index in [1.165, 1.54) is 12.4 Å². The van der Waals surface area contributed by atoms with Crippen molar-refractivity contribution >= 4 is 6.09 Å². The van der Waals surface area contributed by atoms with E-state index in [0.717, 1.165) is 16.8 Å². The van der Waals surface area contributed by atoms with E-state index in [1.807, 2.05) is 42.5 Å². The number of ether oxygens (including phenoxy) is 1. The number of carbonyl (C=O) groups excluding carboxylic acids is 1. The van der Waals surface area contributed by atoms with Crippen LogP contribution in [-0.4, -0.2) is 31.2 Å². The van der Waals surface area contributed by atoms with E-state index >= 15 is 0 Å². The fourth-order valence-corrected chi connectivity index (χ4v) is 2.65. The zero-order chi connectivity index (χ0) is 23.3. The molecule has 0 atom stereocenters. The van der Waals surface area contributed by atoms with Gasteiger partial charge in [0.05, 0.1) is 5.69 Å². The molecular formula is C21H15F3N6O3. The van der Waals surface area contributed by atoms with Gasteiger partial charge in [-0.15, -0.1) is 0 Å². The number of hydrogen-bond acceptors (Lipinski definition) is 8. The van der Waals surface area contributed by atoms with Crippen LogP contribution < -0.4 is 5.32 Å². The van der Waals surface area contributed by atoms with Crippen molar-refractivity contribution in [2.45, 2.75) is 19.3 Å². The Labute approximate surface area is 184 Å². The summed E-state index contributed by atoms with van der Waals surface area (Å²) in [4.78, 5) is 27.3. The van der Waals surface area contributed by atoms with Gasteiger partial charge in [0.15, 0.2) is 0 Å². The maximum Gasteiger partial charge on any atom is 0.471 e. The molecule has 0 aliphatic carbocycles. The van der Waals surface area contributed by atoms with Crippen molar-refractivity contribution in [3.05, 3.63) is 78.1 Å². The molecule has 9 nitrogen and oxygen atoms in total. The van der Waals surface area contributed by atoms with Gasteiger partial charge in [0.2, 0.25) is 11.6 Å². The Balaban J connectivity index is 1.25. The molecule has 4 aromatic rings. The molecule has 0 spiro atoms. The zero-order valence-corrected chi connectivity index (χ0v) is 16.8. The Morgan fingerprint density at radius 3 is 2.30 bits per heavy atom. The zero-order valence-electron chi connectivity index (χ0n) is 16.8. The van der Waals surface area contributed by atoms with E-state index in [-0.39, 0.29) is 19.0 Å². The summed E-state index contributed by atoms with van der Waals surface area (Å²) in [7, 11) is 0. The molecule has 0 radical (unpaired) electrons. The smallest absolute Gasteiger partial charge is 0.445 e. The van der Waals surface area contributed by atoms with E-state index in [9.17, 15) is 18.0 Å². The molecule has 0 bridgehead atoms. The van der Waals surface area contributed by atoms with Gasteiger partial charge in [0.1, 0.15) is 6.61 Å². The first-order chi connectivity index (χ1) is 15.9. The molecule has 4 rings (SSSR count). The molecule has 12 heteroatoms. The Morgan fingerprint density at radius 2 is 1.67 bits per heavy atom.